The van der Waals surface area contributed by atoms with Gasteiger partial charge in [0.25, 0.3) is 0 Å². The zero-order chi connectivity index (χ0) is 15.2. The predicted octanol–water partition coefficient (Wildman–Crippen LogP) is 3.82. The Hall–Kier alpha value is -1.68. The molecule has 0 bridgehead atoms. The summed E-state index contributed by atoms with van der Waals surface area (Å²) in [5.41, 5.74) is 2.22. The number of hydrogen-bond acceptors (Lipinski definition) is 3. The lowest BCUT2D eigenvalue weighted by atomic mass is 10.1. The maximum Gasteiger partial charge on any atom is 0.220 e. The van der Waals surface area contributed by atoms with Crippen molar-refractivity contribution in [2.45, 2.75) is 33.6 Å². The molecule has 1 aromatic carbocycles. The highest BCUT2D eigenvalue weighted by Crippen LogP contribution is 2.27. The number of hydrogen-bond donors (Lipinski definition) is 1. The number of nitrogens with one attached hydrogen (secondary N) is 1. The normalized spacial score (nSPS) is 10.9. The van der Waals surface area contributed by atoms with Crippen molar-refractivity contribution in [2.75, 3.05) is 6.54 Å². The van der Waals surface area contributed by atoms with E-state index in [1.807, 2.05) is 25.1 Å². The van der Waals surface area contributed by atoms with Crippen molar-refractivity contribution in [3.05, 3.63) is 40.9 Å². The van der Waals surface area contributed by atoms with E-state index in [2.05, 4.69) is 36.3 Å². The lowest BCUT2D eigenvalue weighted by molar-refractivity contribution is -0.121. The Morgan fingerprint density at radius 2 is 2.00 bits per heavy atom. The molecule has 1 amide bonds. The molecule has 0 saturated heterocycles. The molecule has 1 aromatic heterocycles. The molecule has 1 heterocycles. The van der Waals surface area contributed by atoms with Gasteiger partial charge in [-0.25, -0.2) is 4.98 Å². The van der Waals surface area contributed by atoms with Gasteiger partial charge in [0.2, 0.25) is 5.91 Å². The molecular weight excluding hydrogens is 280 g/mol. The largest absolute Gasteiger partial charge is 0.356 e. The number of thiazole rings is 1. The van der Waals surface area contributed by atoms with Crippen molar-refractivity contribution < 1.29 is 4.79 Å². The predicted molar refractivity (Wildman–Crippen MR) is 88.5 cm³/mol. The van der Waals surface area contributed by atoms with Gasteiger partial charge in [0.1, 0.15) is 5.01 Å². The zero-order valence-electron chi connectivity index (χ0n) is 12.8. The van der Waals surface area contributed by atoms with Gasteiger partial charge in [-0.2, -0.15) is 0 Å². The van der Waals surface area contributed by atoms with Crippen LogP contribution in [-0.4, -0.2) is 17.4 Å². The summed E-state index contributed by atoms with van der Waals surface area (Å²) in [7, 11) is 0. The molecule has 2 rings (SSSR count). The molecule has 0 spiro atoms. The average molecular weight is 302 g/mol. The Balaban J connectivity index is 1.93. The molecule has 4 heteroatoms. The number of benzene rings is 1. The van der Waals surface area contributed by atoms with E-state index in [9.17, 15) is 4.79 Å². The minimum Gasteiger partial charge on any atom is -0.356 e. The van der Waals surface area contributed by atoms with Crippen molar-refractivity contribution in [1.82, 2.24) is 10.3 Å². The van der Waals surface area contributed by atoms with Crippen LogP contribution in [0.2, 0.25) is 0 Å². The third kappa shape index (κ3) is 4.67. The van der Waals surface area contributed by atoms with Gasteiger partial charge in [-0.05, 0) is 12.8 Å². The average Bonchev–Trinajstić information content (AvgIpc) is 2.80. The zero-order valence-corrected chi connectivity index (χ0v) is 13.7. The van der Waals surface area contributed by atoms with Crippen molar-refractivity contribution in [3.8, 4) is 10.6 Å². The van der Waals surface area contributed by atoms with E-state index in [-0.39, 0.29) is 5.91 Å². The summed E-state index contributed by atoms with van der Waals surface area (Å²) in [6.07, 6.45) is 1.44. The van der Waals surface area contributed by atoms with E-state index < -0.39 is 0 Å². The molecule has 2 aromatic rings. The molecular formula is C17H22N2OS. The highest BCUT2D eigenvalue weighted by atomic mass is 32.1. The van der Waals surface area contributed by atoms with Crippen LogP contribution in [0.15, 0.2) is 30.3 Å². The number of carbonyl (C=O) groups is 1. The first kappa shape index (κ1) is 15.7. The number of nitrogens with zero attached hydrogens (tertiary/aromatic N) is 1. The standard InChI is InChI=1S/C17H22N2OS/c1-12(2)11-16(20)18-10-9-15-13(3)19-17(21-15)14-7-5-4-6-8-14/h4-8,12H,9-11H2,1-3H3,(H,18,20). The Morgan fingerprint density at radius 1 is 1.29 bits per heavy atom. The fraction of sp³-hybridized carbons (Fsp3) is 0.412. The Morgan fingerprint density at radius 3 is 2.67 bits per heavy atom. The van der Waals surface area contributed by atoms with E-state index in [1.165, 1.54) is 4.88 Å². The van der Waals surface area contributed by atoms with Gasteiger partial charge in [-0.3, -0.25) is 4.79 Å². The van der Waals surface area contributed by atoms with Gasteiger partial charge in [-0.1, -0.05) is 44.2 Å². The summed E-state index contributed by atoms with van der Waals surface area (Å²) < 4.78 is 0. The van der Waals surface area contributed by atoms with E-state index in [4.69, 9.17) is 0 Å². The third-order valence-corrected chi connectivity index (χ3v) is 4.45. The van der Waals surface area contributed by atoms with Crippen LogP contribution in [0.25, 0.3) is 10.6 Å². The quantitative estimate of drug-likeness (QED) is 0.881. The molecule has 0 unspecified atom stereocenters. The number of aromatic nitrogens is 1. The summed E-state index contributed by atoms with van der Waals surface area (Å²) in [6, 6.07) is 10.2. The molecule has 3 nitrogen and oxygen atoms in total. The van der Waals surface area contributed by atoms with E-state index >= 15 is 0 Å². The van der Waals surface area contributed by atoms with Crippen molar-refractivity contribution >= 4 is 17.2 Å². The fourth-order valence-corrected chi connectivity index (χ4v) is 3.19. The molecule has 0 radical (unpaired) electrons. The second kappa shape index (κ2) is 7.36. The molecule has 21 heavy (non-hydrogen) atoms. The maximum absolute atomic E-state index is 11.6. The van der Waals surface area contributed by atoms with Crippen LogP contribution in [0, 0.1) is 12.8 Å². The molecule has 0 saturated carbocycles. The summed E-state index contributed by atoms with van der Waals surface area (Å²) in [5.74, 6) is 0.537. The van der Waals surface area contributed by atoms with Gasteiger partial charge in [-0.15, -0.1) is 11.3 Å². The summed E-state index contributed by atoms with van der Waals surface area (Å²) in [4.78, 5) is 17.5. The Labute approximate surface area is 130 Å². The molecule has 0 aliphatic rings. The molecule has 112 valence electrons. The van der Waals surface area contributed by atoms with E-state index in [0.717, 1.165) is 22.7 Å². The lowest BCUT2D eigenvalue weighted by Crippen LogP contribution is -2.26. The Kier molecular flexibility index (Phi) is 5.51. The van der Waals surface area contributed by atoms with Crippen LogP contribution in [-0.2, 0) is 11.2 Å². The van der Waals surface area contributed by atoms with Crippen LogP contribution < -0.4 is 5.32 Å². The van der Waals surface area contributed by atoms with Gasteiger partial charge >= 0.3 is 0 Å². The van der Waals surface area contributed by atoms with Gasteiger partial charge in [0.15, 0.2) is 0 Å². The van der Waals surface area contributed by atoms with Crippen molar-refractivity contribution in [3.63, 3.8) is 0 Å². The first-order chi connectivity index (χ1) is 10.1. The molecule has 0 aliphatic heterocycles. The van der Waals surface area contributed by atoms with Crippen LogP contribution >= 0.6 is 11.3 Å². The highest BCUT2D eigenvalue weighted by Gasteiger charge is 2.10. The first-order valence-corrected chi connectivity index (χ1v) is 8.16. The second-order valence-corrected chi connectivity index (χ2v) is 6.68. The van der Waals surface area contributed by atoms with Crippen LogP contribution in [0.3, 0.4) is 0 Å². The number of carbonyl (C=O) groups excluding carboxylic acids is 1. The number of aryl methyl sites for hydroxylation is 1. The number of amides is 1. The lowest BCUT2D eigenvalue weighted by Gasteiger charge is -2.06. The van der Waals surface area contributed by atoms with Crippen molar-refractivity contribution in [2.24, 2.45) is 5.92 Å². The van der Waals surface area contributed by atoms with E-state index in [1.54, 1.807) is 11.3 Å². The SMILES string of the molecule is Cc1nc(-c2ccccc2)sc1CCNC(=O)CC(C)C. The smallest absolute Gasteiger partial charge is 0.220 e. The van der Waals surface area contributed by atoms with E-state index in [0.29, 0.717) is 18.9 Å². The topological polar surface area (TPSA) is 42.0 Å². The van der Waals surface area contributed by atoms with Crippen LogP contribution in [0.1, 0.15) is 30.8 Å². The molecule has 0 aliphatic carbocycles. The minimum atomic E-state index is 0.135. The summed E-state index contributed by atoms with van der Waals surface area (Å²) >= 11 is 1.72. The van der Waals surface area contributed by atoms with Crippen LogP contribution in [0.4, 0.5) is 0 Å². The molecule has 0 fully saturated rings. The summed E-state index contributed by atoms with van der Waals surface area (Å²) in [5, 5.41) is 4.03. The van der Waals surface area contributed by atoms with Gasteiger partial charge in [0.05, 0.1) is 5.69 Å². The number of rotatable bonds is 6. The minimum absolute atomic E-state index is 0.135. The van der Waals surface area contributed by atoms with Gasteiger partial charge < -0.3 is 5.32 Å². The maximum atomic E-state index is 11.6. The highest BCUT2D eigenvalue weighted by molar-refractivity contribution is 7.15. The molecule has 1 N–H and O–H groups in total. The Bertz CT molecular complexity index is 590. The van der Waals surface area contributed by atoms with Gasteiger partial charge in [0, 0.05) is 29.8 Å². The van der Waals surface area contributed by atoms with Crippen LogP contribution in [0.5, 0.6) is 0 Å². The van der Waals surface area contributed by atoms with Crippen molar-refractivity contribution in [1.29, 1.82) is 0 Å². The monoisotopic (exact) mass is 302 g/mol. The fourth-order valence-electron chi connectivity index (χ4n) is 2.12. The second-order valence-electron chi connectivity index (χ2n) is 5.59. The first-order valence-electron chi connectivity index (χ1n) is 7.34. The third-order valence-electron chi connectivity index (χ3n) is 3.18. The molecule has 0 atom stereocenters. The summed E-state index contributed by atoms with van der Waals surface area (Å²) in [6.45, 7) is 6.83.